The Balaban J connectivity index is 2.20. The molecule has 0 aliphatic carbocycles. The minimum atomic E-state index is -1.02. The molecule has 2 rings (SSSR count). The van der Waals surface area contributed by atoms with Crippen molar-refractivity contribution in [2.45, 2.75) is 43.7 Å². The molecule has 1 N–H and O–H groups in total. The first-order valence-electron chi connectivity index (χ1n) is 5.63. The Labute approximate surface area is 112 Å². The lowest BCUT2D eigenvalue weighted by Gasteiger charge is -2.32. The van der Waals surface area contributed by atoms with Crippen LogP contribution in [0.25, 0.3) is 0 Å². The Morgan fingerprint density at radius 2 is 2.06 bits per heavy atom. The normalized spacial score (nSPS) is 42.1. The first-order valence-corrected chi connectivity index (χ1v) is 6.44. The second-order valence-corrected chi connectivity index (χ2v) is 5.25. The van der Waals surface area contributed by atoms with E-state index in [0.29, 0.717) is 11.9 Å². The van der Waals surface area contributed by atoms with Gasteiger partial charge in [0.2, 0.25) is 7.12 Å². The van der Waals surface area contributed by atoms with Crippen LogP contribution in [-0.4, -0.2) is 62.4 Å². The molecule has 0 spiro atoms. The number of rotatable bonds is 5. The molecule has 4 unspecified atom stereocenters. The van der Waals surface area contributed by atoms with Crippen LogP contribution in [0.1, 0.15) is 13.8 Å². The van der Waals surface area contributed by atoms with Gasteiger partial charge in [0, 0.05) is 7.11 Å². The summed E-state index contributed by atoms with van der Waals surface area (Å²) in [7, 11) is 6.75. The maximum atomic E-state index is 9.63. The van der Waals surface area contributed by atoms with E-state index in [1.165, 1.54) is 7.11 Å². The molecule has 0 saturated carbocycles. The van der Waals surface area contributed by atoms with E-state index in [4.69, 9.17) is 30.3 Å². The van der Waals surface area contributed by atoms with Gasteiger partial charge in [0.1, 0.15) is 17.8 Å². The summed E-state index contributed by atoms with van der Waals surface area (Å²) < 4.78 is 27.5. The predicted molar refractivity (Wildman–Crippen MR) is 64.8 cm³/mol. The first-order chi connectivity index (χ1) is 8.48. The third-order valence-electron chi connectivity index (χ3n) is 3.14. The van der Waals surface area contributed by atoms with Crippen LogP contribution < -0.4 is 0 Å². The molecule has 6 nitrogen and oxygen atoms in total. The van der Waals surface area contributed by atoms with Crippen molar-refractivity contribution in [3.63, 3.8) is 0 Å². The number of fused-ring (bicyclic) bond motifs is 1. The largest absolute Gasteiger partial charge is 0.393 e. The smallest absolute Gasteiger partial charge is 0.203 e. The number of methoxy groups -OCH3 is 1. The molecule has 2 saturated heterocycles. The molecule has 0 aromatic heterocycles. The third kappa shape index (κ3) is 2.43. The van der Waals surface area contributed by atoms with Gasteiger partial charge in [0.15, 0.2) is 12.1 Å². The van der Waals surface area contributed by atoms with Crippen molar-refractivity contribution in [1.29, 1.82) is 0 Å². The zero-order chi connectivity index (χ0) is 13.4. The first kappa shape index (κ1) is 14.6. The lowest BCUT2D eigenvalue weighted by atomic mass is 9.97. The Bertz CT molecular complexity index is 304. The maximum absolute atomic E-state index is 9.63. The summed E-state index contributed by atoms with van der Waals surface area (Å²) in [5.41, 5.74) is -1.02. The highest BCUT2D eigenvalue weighted by Crippen LogP contribution is 2.44. The predicted octanol–water partition coefficient (Wildman–Crippen LogP) is -0.0114. The highest BCUT2D eigenvalue weighted by molar-refractivity contribution is 8.15. The molecular weight excluding hydrogens is 259 g/mol. The fourth-order valence-corrected chi connectivity index (χ4v) is 2.63. The Hall–Kier alpha value is 0.175. The van der Waals surface area contributed by atoms with Gasteiger partial charge in [-0.2, -0.15) is 0 Å². The fraction of sp³-hybridized carbons (Fsp3) is 1.00. The van der Waals surface area contributed by atoms with Crippen LogP contribution in [0.3, 0.4) is 0 Å². The lowest BCUT2D eigenvalue weighted by molar-refractivity contribution is -0.260. The van der Waals surface area contributed by atoms with Crippen LogP contribution in [0.5, 0.6) is 0 Å². The SMILES string of the molecule is [B]SOCC1(CO)OC(OC)C2OC(C)(C)OC21. The minimum absolute atomic E-state index is 0.0884. The lowest BCUT2D eigenvalue weighted by Crippen LogP contribution is -2.49. The molecule has 0 amide bonds. The molecule has 2 radical (unpaired) electrons. The Kier molecular flexibility index (Phi) is 4.28. The number of hydrogen-bond donors (Lipinski definition) is 1. The van der Waals surface area contributed by atoms with Crippen molar-refractivity contribution in [1.82, 2.24) is 0 Å². The van der Waals surface area contributed by atoms with Gasteiger partial charge in [-0.3, -0.25) is 0 Å². The van der Waals surface area contributed by atoms with Gasteiger partial charge < -0.3 is 28.2 Å². The number of ether oxygens (including phenoxy) is 4. The van der Waals surface area contributed by atoms with Crippen molar-refractivity contribution >= 4 is 19.0 Å². The molecule has 2 aliphatic rings. The summed E-state index contributed by atoms with van der Waals surface area (Å²) in [6.07, 6.45) is -1.46. The minimum Gasteiger partial charge on any atom is -0.393 e. The number of hydrogen-bond acceptors (Lipinski definition) is 7. The molecule has 0 aromatic carbocycles. The molecule has 2 fully saturated rings. The standard InChI is InChI=1S/C10H17BO6S/c1-9(2)15-6-7(16-9)10(4-12,5-14-18-11)17-8(6)13-3/h6-8,12H,4-5H2,1-3H3. The molecule has 2 heterocycles. The van der Waals surface area contributed by atoms with Gasteiger partial charge >= 0.3 is 0 Å². The molecule has 4 atom stereocenters. The highest BCUT2D eigenvalue weighted by atomic mass is 32.2. The van der Waals surface area contributed by atoms with Gasteiger partial charge in [-0.15, -0.1) is 0 Å². The quantitative estimate of drug-likeness (QED) is 0.559. The van der Waals surface area contributed by atoms with E-state index in [-0.39, 0.29) is 13.2 Å². The second-order valence-electron chi connectivity index (χ2n) is 4.82. The molecule has 2 aliphatic heterocycles. The summed E-state index contributed by atoms with van der Waals surface area (Å²) >= 11 is 0.717. The summed E-state index contributed by atoms with van der Waals surface area (Å²) in [5, 5.41) is 9.63. The van der Waals surface area contributed by atoms with E-state index in [1.54, 1.807) is 13.8 Å². The van der Waals surface area contributed by atoms with Crippen LogP contribution in [0.4, 0.5) is 0 Å². The van der Waals surface area contributed by atoms with E-state index in [2.05, 4.69) is 0 Å². The number of aliphatic hydroxyl groups is 1. The van der Waals surface area contributed by atoms with E-state index in [0.717, 1.165) is 0 Å². The van der Waals surface area contributed by atoms with Crippen molar-refractivity contribution in [3.05, 3.63) is 0 Å². The van der Waals surface area contributed by atoms with Crippen molar-refractivity contribution in [3.8, 4) is 0 Å². The van der Waals surface area contributed by atoms with Crippen LogP contribution in [0.15, 0.2) is 0 Å². The van der Waals surface area contributed by atoms with E-state index >= 15 is 0 Å². The maximum Gasteiger partial charge on any atom is 0.203 e. The van der Waals surface area contributed by atoms with Crippen LogP contribution in [-0.2, 0) is 23.1 Å². The zero-order valence-corrected chi connectivity index (χ0v) is 11.4. The van der Waals surface area contributed by atoms with Crippen LogP contribution in [0.2, 0.25) is 0 Å². The fourth-order valence-electron chi connectivity index (χ4n) is 2.37. The summed E-state index contributed by atoms with van der Waals surface area (Å²) in [5.74, 6) is -0.744. The van der Waals surface area contributed by atoms with Crippen molar-refractivity contribution < 1.29 is 28.2 Å². The molecule has 8 heteroatoms. The second kappa shape index (κ2) is 5.28. The molecular formula is C10H17BO6S. The van der Waals surface area contributed by atoms with Crippen LogP contribution >= 0.6 is 11.9 Å². The van der Waals surface area contributed by atoms with Gasteiger partial charge in [0.25, 0.3) is 0 Å². The zero-order valence-electron chi connectivity index (χ0n) is 10.6. The Morgan fingerprint density at radius 1 is 1.33 bits per heavy atom. The molecule has 102 valence electrons. The van der Waals surface area contributed by atoms with Crippen molar-refractivity contribution in [2.75, 3.05) is 20.3 Å². The van der Waals surface area contributed by atoms with Crippen molar-refractivity contribution in [2.24, 2.45) is 0 Å². The monoisotopic (exact) mass is 276 g/mol. The summed E-state index contributed by atoms with van der Waals surface area (Å²) in [4.78, 5) is 0. The van der Waals surface area contributed by atoms with Gasteiger partial charge in [-0.25, -0.2) is 0 Å². The van der Waals surface area contributed by atoms with Gasteiger partial charge in [0.05, 0.1) is 13.2 Å². The summed E-state index contributed by atoms with van der Waals surface area (Å²) in [6, 6.07) is 0. The van der Waals surface area contributed by atoms with E-state index in [1.807, 2.05) is 0 Å². The molecule has 0 bridgehead atoms. The van der Waals surface area contributed by atoms with Gasteiger partial charge in [-0.05, 0) is 13.8 Å². The van der Waals surface area contributed by atoms with Crippen LogP contribution in [0, 0.1) is 0 Å². The number of aliphatic hydroxyl groups excluding tert-OH is 1. The highest BCUT2D eigenvalue weighted by Gasteiger charge is 2.63. The third-order valence-corrected chi connectivity index (χ3v) is 3.39. The summed E-state index contributed by atoms with van der Waals surface area (Å²) in [6.45, 7) is 3.43. The van der Waals surface area contributed by atoms with E-state index < -0.39 is 29.9 Å². The topological polar surface area (TPSA) is 66.4 Å². The Morgan fingerprint density at radius 3 is 2.61 bits per heavy atom. The molecule has 18 heavy (non-hydrogen) atoms. The average molecular weight is 276 g/mol. The van der Waals surface area contributed by atoms with Gasteiger partial charge in [-0.1, -0.05) is 11.9 Å². The average Bonchev–Trinajstić information content (AvgIpc) is 2.79. The molecule has 0 aromatic rings. The van der Waals surface area contributed by atoms with E-state index in [9.17, 15) is 5.11 Å².